The van der Waals surface area contributed by atoms with Gasteiger partial charge in [0.1, 0.15) is 5.58 Å². The number of hydrogen-bond acceptors (Lipinski definition) is 4. The van der Waals surface area contributed by atoms with Gasteiger partial charge in [0.25, 0.3) is 0 Å². The number of nitrogens with zero attached hydrogens (tertiary/aromatic N) is 2. The monoisotopic (exact) mass is 892 g/mol. The third-order valence-electron chi connectivity index (χ3n) is 14.1. The summed E-state index contributed by atoms with van der Waals surface area (Å²) in [7, 11) is 0. The van der Waals surface area contributed by atoms with Gasteiger partial charge >= 0.3 is 0 Å². The summed E-state index contributed by atoms with van der Waals surface area (Å²) in [6.07, 6.45) is 0. The van der Waals surface area contributed by atoms with Crippen molar-refractivity contribution in [2.45, 2.75) is 0 Å². The van der Waals surface area contributed by atoms with Crippen LogP contribution in [0.1, 0.15) is 0 Å². The highest BCUT2D eigenvalue weighted by molar-refractivity contribution is 7.27. The highest BCUT2D eigenvalue weighted by Gasteiger charge is 2.26. The molecule has 0 atom stereocenters. The number of para-hydroxylation sites is 2. The second-order valence-electron chi connectivity index (χ2n) is 17.4. The van der Waals surface area contributed by atoms with Gasteiger partial charge in [0.2, 0.25) is 0 Å². The first kappa shape index (κ1) is 35.6. The smallest absolute Gasteiger partial charge is 0.160 e. The van der Waals surface area contributed by atoms with Gasteiger partial charge in [-0.05, 0) is 65.7 Å². The largest absolute Gasteiger partial charge is 0.454 e. The summed E-state index contributed by atoms with van der Waals surface area (Å²) in [5.41, 5.74) is 11.2. The number of thiophene rings is 3. The summed E-state index contributed by atoms with van der Waals surface area (Å²) >= 11 is 5.66. The van der Waals surface area contributed by atoms with Crippen molar-refractivity contribution in [3.05, 3.63) is 194 Å². The maximum absolute atomic E-state index is 7.16. The lowest BCUT2D eigenvalue weighted by Gasteiger charge is -2.13. The maximum atomic E-state index is 7.16. The lowest BCUT2D eigenvalue weighted by molar-refractivity contribution is 0.666. The molecule has 0 aliphatic rings. The second-order valence-corrected chi connectivity index (χ2v) is 20.6. The molecule has 0 bridgehead atoms. The van der Waals surface area contributed by atoms with Gasteiger partial charge in [-0.25, -0.2) is 0 Å². The van der Waals surface area contributed by atoms with E-state index in [4.69, 9.17) is 4.42 Å². The number of rotatable bonds is 3. The van der Waals surface area contributed by atoms with Gasteiger partial charge in [-0.2, -0.15) is 0 Å². The molecule has 16 rings (SSSR count). The Balaban J connectivity index is 1.05. The molecule has 0 spiro atoms. The SMILES string of the molecule is c1ccc2c(c1)oc1c(-n3c4ccccc4c4ccc5c6ccccc6sc5c43)ccc(-c3cccc4c3c3ccc5c6ccccc6sc5c3n4-c3cccc4sc5ccccc5c34)c12. The Kier molecular flexibility index (Phi) is 6.99. The van der Waals surface area contributed by atoms with Crippen molar-refractivity contribution in [1.29, 1.82) is 0 Å². The second kappa shape index (κ2) is 13.0. The van der Waals surface area contributed by atoms with Crippen LogP contribution in [0.3, 0.4) is 0 Å². The molecular formula is C60H32N2OS3. The highest BCUT2D eigenvalue weighted by atomic mass is 32.1. The molecule has 0 saturated carbocycles. The predicted octanol–water partition coefficient (Wildman–Crippen LogP) is 18.6. The number of aromatic nitrogens is 2. The molecule has 0 amide bonds. The van der Waals surface area contributed by atoms with Gasteiger partial charge in [0, 0.05) is 83.4 Å². The topological polar surface area (TPSA) is 23.0 Å². The predicted molar refractivity (Wildman–Crippen MR) is 287 cm³/mol. The fourth-order valence-electron chi connectivity index (χ4n) is 11.4. The summed E-state index contributed by atoms with van der Waals surface area (Å²) in [5, 5.41) is 15.0. The van der Waals surface area contributed by atoms with Crippen LogP contribution < -0.4 is 0 Å². The van der Waals surface area contributed by atoms with E-state index in [0.29, 0.717) is 0 Å². The highest BCUT2D eigenvalue weighted by Crippen LogP contribution is 2.51. The number of benzene rings is 10. The van der Waals surface area contributed by atoms with E-state index in [-0.39, 0.29) is 0 Å². The molecule has 0 aliphatic carbocycles. The Morgan fingerprint density at radius 3 is 1.62 bits per heavy atom. The van der Waals surface area contributed by atoms with Crippen LogP contribution in [0, 0.1) is 0 Å². The minimum absolute atomic E-state index is 0.881. The van der Waals surface area contributed by atoms with Crippen LogP contribution in [0.5, 0.6) is 0 Å². The molecule has 6 aromatic heterocycles. The minimum atomic E-state index is 0.881. The zero-order valence-corrected chi connectivity index (χ0v) is 37.5. The summed E-state index contributed by atoms with van der Waals surface area (Å²) in [6.45, 7) is 0. The quantitative estimate of drug-likeness (QED) is 0.173. The van der Waals surface area contributed by atoms with Crippen LogP contribution in [0.2, 0.25) is 0 Å². The minimum Gasteiger partial charge on any atom is -0.454 e. The third kappa shape index (κ3) is 4.55. The molecule has 0 unspecified atom stereocenters. The molecular weight excluding hydrogens is 861 g/mol. The lowest BCUT2D eigenvalue weighted by Crippen LogP contribution is -1.96. The molecule has 306 valence electrons. The van der Waals surface area contributed by atoms with Crippen LogP contribution >= 0.6 is 34.0 Å². The molecule has 0 N–H and O–H groups in total. The first-order valence-electron chi connectivity index (χ1n) is 22.3. The van der Waals surface area contributed by atoms with Gasteiger partial charge in [0.15, 0.2) is 5.58 Å². The van der Waals surface area contributed by atoms with Crippen LogP contribution in [0.4, 0.5) is 0 Å². The molecule has 0 saturated heterocycles. The van der Waals surface area contributed by atoms with E-state index >= 15 is 0 Å². The average Bonchev–Trinajstić information content (AvgIpc) is 4.22. The van der Waals surface area contributed by atoms with Crippen LogP contribution in [0.15, 0.2) is 199 Å². The zero-order chi connectivity index (χ0) is 42.8. The van der Waals surface area contributed by atoms with Crippen molar-refractivity contribution in [2.24, 2.45) is 0 Å². The third-order valence-corrected chi connectivity index (χ3v) is 17.7. The van der Waals surface area contributed by atoms with Gasteiger partial charge in [0.05, 0.1) is 42.8 Å². The summed E-state index contributed by atoms with van der Waals surface area (Å²) < 4.78 is 20.0. The molecule has 6 heteroatoms. The van der Waals surface area contributed by atoms with E-state index < -0.39 is 0 Å². The molecule has 6 heterocycles. The van der Waals surface area contributed by atoms with E-state index in [1.165, 1.54) is 115 Å². The molecule has 66 heavy (non-hydrogen) atoms. The van der Waals surface area contributed by atoms with Crippen LogP contribution in [0.25, 0.3) is 149 Å². The summed E-state index contributed by atoms with van der Waals surface area (Å²) in [5.74, 6) is 0. The molecule has 0 fully saturated rings. The first-order chi connectivity index (χ1) is 32.8. The van der Waals surface area contributed by atoms with E-state index in [9.17, 15) is 0 Å². The molecule has 0 aliphatic heterocycles. The van der Waals surface area contributed by atoms with Crippen molar-refractivity contribution < 1.29 is 4.42 Å². The molecule has 3 nitrogen and oxygen atoms in total. The molecule has 16 aromatic rings. The number of hydrogen-bond donors (Lipinski definition) is 0. The van der Waals surface area contributed by atoms with Crippen molar-refractivity contribution >= 4 is 160 Å². The van der Waals surface area contributed by atoms with Crippen LogP contribution in [-0.2, 0) is 0 Å². The Morgan fingerprint density at radius 1 is 0.303 bits per heavy atom. The van der Waals surface area contributed by atoms with Gasteiger partial charge in [-0.3, -0.25) is 0 Å². The van der Waals surface area contributed by atoms with E-state index in [1.807, 2.05) is 34.0 Å². The normalized spacial score (nSPS) is 12.5. The fraction of sp³-hybridized carbons (Fsp3) is 0. The van der Waals surface area contributed by atoms with Crippen LogP contribution in [-0.4, -0.2) is 9.13 Å². The van der Waals surface area contributed by atoms with Gasteiger partial charge in [-0.1, -0.05) is 140 Å². The Hall–Kier alpha value is -7.74. The Morgan fingerprint density at radius 2 is 0.848 bits per heavy atom. The van der Waals surface area contributed by atoms with Crippen molar-refractivity contribution in [3.8, 4) is 22.5 Å². The summed E-state index contributed by atoms with van der Waals surface area (Å²) in [6, 6.07) is 71.8. The van der Waals surface area contributed by atoms with E-state index in [2.05, 4.69) is 203 Å². The fourth-order valence-corrected chi connectivity index (χ4v) is 15.0. The molecule has 0 radical (unpaired) electrons. The van der Waals surface area contributed by atoms with Gasteiger partial charge in [-0.15, -0.1) is 34.0 Å². The average molecular weight is 893 g/mol. The lowest BCUT2D eigenvalue weighted by atomic mass is 9.94. The molecule has 10 aromatic carbocycles. The maximum Gasteiger partial charge on any atom is 0.160 e. The van der Waals surface area contributed by atoms with Crippen molar-refractivity contribution in [3.63, 3.8) is 0 Å². The standard InChI is InChI=1S/C60H32N2OS3/c1-6-19-44-33(13-1)38-27-28-39-34-14-3-8-23-49(34)65-59(39)56(38)61(44)47-32-31-37(54-41-16-2-7-22-48(41)63-58(47)54)36-18-11-20-45-53(36)43-30-29-40-35-15-4-9-24-50(35)66-60(40)57(43)62(45)46-21-12-26-52-55(46)42-17-5-10-25-51(42)64-52/h1-32H. The van der Waals surface area contributed by atoms with Gasteiger partial charge < -0.3 is 13.6 Å². The Bertz CT molecular complexity index is 4780. The first-order valence-corrected chi connectivity index (χ1v) is 24.8. The van der Waals surface area contributed by atoms with E-state index in [1.54, 1.807) is 0 Å². The van der Waals surface area contributed by atoms with Crippen molar-refractivity contribution in [1.82, 2.24) is 9.13 Å². The number of furan rings is 1. The summed E-state index contributed by atoms with van der Waals surface area (Å²) in [4.78, 5) is 0. The van der Waals surface area contributed by atoms with E-state index in [0.717, 1.165) is 33.2 Å². The Labute approximate surface area is 387 Å². The van der Waals surface area contributed by atoms with Crippen molar-refractivity contribution in [2.75, 3.05) is 0 Å². The number of fused-ring (bicyclic) bond motifs is 20. The zero-order valence-electron chi connectivity index (χ0n) is 35.0.